The smallest absolute Gasteiger partial charge is 0.114 e. The van der Waals surface area contributed by atoms with Crippen LogP contribution >= 0.6 is 0 Å². The molecule has 2 aliphatic carbocycles. The van der Waals surface area contributed by atoms with E-state index in [-0.39, 0.29) is 12.0 Å². The zero-order chi connectivity index (χ0) is 17.2. The highest BCUT2D eigenvalue weighted by atomic mass is 16.5. The molecule has 134 valence electrons. The van der Waals surface area contributed by atoms with Gasteiger partial charge in [0.05, 0.1) is 7.11 Å². The Labute approximate surface area is 147 Å². The number of nitrogens with zero attached hydrogens (tertiary/aromatic N) is 1. The summed E-state index contributed by atoms with van der Waals surface area (Å²) in [4.78, 5) is 2.72. The van der Waals surface area contributed by atoms with Crippen molar-refractivity contribution in [2.75, 3.05) is 26.8 Å². The summed E-state index contributed by atoms with van der Waals surface area (Å²) in [6, 6.07) is 0.542. The molecule has 3 rings (SSSR count). The van der Waals surface area contributed by atoms with Crippen molar-refractivity contribution >= 4 is 0 Å². The Hall–Kier alpha value is -1.06. The zero-order valence-electron chi connectivity index (χ0n) is 15.3. The number of hydrogen-bond donors (Lipinski definition) is 1. The number of aliphatic hydroxyl groups is 1. The minimum absolute atomic E-state index is 0.175. The molecule has 3 aliphatic rings. The molecule has 0 amide bonds. The first-order valence-corrected chi connectivity index (χ1v) is 9.53. The van der Waals surface area contributed by atoms with E-state index in [1.54, 1.807) is 7.11 Å². The van der Waals surface area contributed by atoms with Crippen molar-refractivity contribution in [2.45, 2.75) is 51.5 Å². The van der Waals surface area contributed by atoms with Crippen molar-refractivity contribution in [1.82, 2.24) is 4.90 Å². The molecular formula is C21H33NO2. The molecule has 24 heavy (non-hydrogen) atoms. The molecule has 0 aromatic heterocycles. The highest BCUT2D eigenvalue weighted by Crippen LogP contribution is 2.48. The van der Waals surface area contributed by atoms with E-state index in [4.69, 9.17) is 4.74 Å². The lowest BCUT2D eigenvalue weighted by Crippen LogP contribution is -2.54. The number of fused-ring (bicyclic) bond motifs is 2. The van der Waals surface area contributed by atoms with Gasteiger partial charge >= 0.3 is 0 Å². The fourth-order valence-electron chi connectivity index (χ4n) is 4.67. The molecule has 3 atom stereocenters. The first kappa shape index (κ1) is 17.8. The van der Waals surface area contributed by atoms with Crippen molar-refractivity contribution in [2.24, 2.45) is 17.3 Å². The summed E-state index contributed by atoms with van der Waals surface area (Å²) in [5, 5.41) is 9.73. The molecular weight excluding hydrogens is 298 g/mol. The molecule has 3 heteroatoms. The van der Waals surface area contributed by atoms with Crippen LogP contribution in [0.5, 0.6) is 0 Å². The lowest BCUT2D eigenvalue weighted by atomic mass is 9.62. The Morgan fingerprint density at radius 1 is 1.38 bits per heavy atom. The maximum atomic E-state index is 9.73. The molecule has 0 unspecified atom stereocenters. The van der Waals surface area contributed by atoms with Gasteiger partial charge in [0.15, 0.2) is 0 Å². The van der Waals surface area contributed by atoms with Gasteiger partial charge in [-0.3, -0.25) is 4.90 Å². The van der Waals surface area contributed by atoms with E-state index < -0.39 is 0 Å². The van der Waals surface area contributed by atoms with Crippen LogP contribution in [0.4, 0.5) is 0 Å². The number of rotatable bonds is 5. The predicted molar refractivity (Wildman–Crippen MR) is 98.6 cm³/mol. The molecule has 0 aromatic rings. The standard InChI is InChI=1S/C21H33NO2/c1-16-4-7-19(24-3)8-9-21(11-13-23)10-12-22(15-18-5-6-18)20(14-16)17(21)2/h4,7-8,17-18,20,23H,1,5-6,9-15H2,2-3H3/b7-4-,19-8+/t17-,20+,21-/m0/s1. The number of allylic oxidation sites excluding steroid dienone is 3. The van der Waals surface area contributed by atoms with Gasteiger partial charge in [0.1, 0.15) is 5.76 Å². The van der Waals surface area contributed by atoms with Crippen LogP contribution < -0.4 is 0 Å². The van der Waals surface area contributed by atoms with Crippen LogP contribution in [0.1, 0.15) is 45.4 Å². The van der Waals surface area contributed by atoms with E-state index in [1.165, 1.54) is 31.4 Å². The molecule has 1 aliphatic heterocycles. The van der Waals surface area contributed by atoms with Crippen LogP contribution in [0.2, 0.25) is 0 Å². The second-order valence-electron chi connectivity index (χ2n) is 8.09. The van der Waals surface area contributed by atoms with Crippen molar-refractivity contribution < 1.29 is 9.84 Å². The van der Waals surface area contributed by atoms with Gasteiger partial charge in [-0.1, -0.05) is 25.2 Å². The van der Waals surface area contributed by atoms with Crippen LogP contribution in [-0.4, -0.2) is 42.9 Å². The normalized spacial score (nSPS) is 38.3. The van der Waals surface area contributed by atoms with Crippen molar-refractivity contribution in [3.8, 4) is 0 Å². The number of ether oxygens (including phenoxy) is 1. The van der Waals surface area contributed by atoms with E-state index in [1.807, 2.05) is 6.08 Å². The number of aliphatic hydroxyl groups excluding tert-OH is 1. The number of likely N-dealkylation sites (tertiary alicyclic amines) is 1. The van der Waals surface area contributed by atoms with E-state index >= 15 is 0 Å². The van der Waals surface area contributed by atoms with Gasteiger partial charge in [-0.2, -0.15) is 0 Å². The van der Waals surface area contributed by atoms with Crippen LogP contribution in [-0.2, 0) is 4.74 Å². The minimum atomic E-state index is 0.175. The summed E-state index contributed by atoms with van der Waals surface area (Å²) >= 11 is 0. The van der Waals surface area contributed by atoms with Crippen molar-refractivity contribution in [1.29, 1.82) is 0 Å². The topological polar surface area (TPSA) is 32.7 Å². The molecule has 2 fully saturated rings. The van der Waals surface area contributed by atoms with Crippen molar-refractivity contribution in [3.63, 3.8) is 0 Å². The van der Waals surface area contributed by atoms with Crippen LogP contribution in [0.15, 0.2) is 36.1 Å². The Balaban J connectivity index is 1.90. The van der Waals surface area contributed by atoms with Crippen molar-refractivity contribution in [3.05, 3.63) is 36.1 Å². The summed E-state index contributed by atoms with van der Waals surface area (Å²) < 4.78 is 5.51. The fourth-order valence-corrected chi connectivity index (χ4v) is 4.67. The third-order valence-electron chi connectivity index (χ3n) is 6.61. The predicted octanol–water partition coefficient (Wildman–Crippen LogP) is 3.91. The molecule has 0 spiro atoms. The minimum Gasteiger partial charge on any atom is -0.497 e. The average Bonchev–Trinajstić information content (AvgIpc) is 3.38. The third kappa shape index (κ3) is 3.78. The lowest BCUT2D eigenvalue weighted by molar-refractivity contribution is -0.0255. The van der Waals surface area contributed by atoms with Gasteiger partial charge in [-0.25, -0.2) is 0 Å². The summed E-state index contributed by atoms with van der Waals surface area (Å²) in [7, 11) is 1.73. The van der Waals surface area contributed by atoms with Gasteiger partial charge in [-0.05, 0) is 74.5 Å². The molecule has 1 N–H and O–H groups in total. The summed E-state index contributed by atoms with van der Waals surface area (Å²) in [6.45, 7) is 9.36. The highest BCUT2D eigenvalue weighted by molar-refractivity contribution is 5.25. The Morgan fingerprint density at radius 3 is 2.83 bits per heavy atom. The summed E-state index contributed by atoms with van der Waals surface area (Å²) in [5.74, 6) is 2.39. The maximum absolute atomic E-state index is 9.73. The number of hydrogen-bond acceptors (Lipinski definition) is 3. The maximum Gasteiger partial charge on any atom is 0.114 e. The van der Waals surface area contributed by atoms with Crippen LogP contribution in [0.25, 0.3) is 0 Å². The summed E-state index contributed by atoms with van der Waals surface area (Å²) in [5.41, 5.74) is 1.35. The van der Waals surface area contributed by atoms with E-state index in [0.717, 1.165) is 37.5 Å². The molecule has 2 bridgehead atoms. The average molecular weight is 332 g/mol. The molecule has 1 saturated carbocycles. The molecule has 1 heterocycles. The second-order valence-corrected chi connectivity index (χ2v) is 8.09. The molecule has 0 radical (unpaired) electrons. The number of methoxy groups -OCH3 is 1. The Bertz CT molecular complexity index is 520. The Kier molecular flexibility index (Phi) is 5.51. The van der Waals surface area contributed by atoms with E-state index in [2.05, 4.69) is 30.6 Å². The SMILES string of the molecule is C=C1/C=C\C(OC)=C/C[C@@]2(CCO)CCN(CC3CC3)[C@H](C1)[C@@H]2C. The number of piperidine rings is 1. The monoisotopic (exact) mass is 331 g/mol. The zero-order valence-corrected chi connectivity index (χ0v) is 15.3. The van der Waals surface area contributed by atoms with E-state index in [9.17, 15) is 5.11 Å². The first-order valence-electron chi connectivity index (χ1n) is 9.53. The lowest BCUT2D eigenvalue weighted by Gasteiger charge is -2.52. The van der Waals surface area contributed by atoms with Gasteiger partial charge in [-0.15, -0.1) is 0 Å². The molecule has 3 nitrogen and oxygen atoms in total. The quantitative estimate of drug-likeness (QED) is 0.829. The highest BCUT2D eigenvalue weighted by Gasteiger charge is 2.46. The third-order valence-corrected chi connectivity index (χ3v) is 6.61. The largest absolute Gasteiger partial charge is 0.497 e. The van der Waals surface area contributed by atoms with Gasteiger partial charge in [0, 0.05) is 19.2 Å². The molecule has 1 saturated heterocycles. The van der Waals surface area contributed by atoms with Crippen LogP contribution in [0, 0.1) is 17.3 Å². The first-order chi connectivity index (χ1) is 11.6. The van der Waals surface area contributed by atoms with E-state index in [0.29, 0.717) is 12.0 Å². The molecule has 0 aromatic carbocycles. The fraction of sp³-hybridized carbons (Fsp3) is 0.714. The second kappa shape index (κ2) is 7.45. The Morgan fingerprint density at radius 2 is 2.17 bits per heavy atom. The van der Waals surface area contributed by atoms with Gasteiger partial charge in [0.25, 0.3) is 0 Å². The summed E-state index contributed by atoms with van der Waals surface area (Å²) in [6.07, 6.45) is 13.2. The van der Waals surface area contributed by atoms with Gasteiger partial charge in [0.2, 0.25) is 0 Å². The van der Waals surface area contributed by atoms with Crippen LogP contribution in [0.3, 0.4) is 0 Å². The van der Waals surface area contributed by atoms with Gasteiger partial charge < -0.3 is 9.84 Å².